The number of aryl methyl sites for hydroxylation is 6. The van der Waals surface area contributed by atoms with Gasteiger partial charge in [0, 0.05) is 197 Å². The summed E-state index contributed by atoms with van der Waals surface area (Å²) < 4.78 is 34.7. The van der Waals surface area contributed by atoms with Crippen LogP contribution in [0.2, 0.25) is 0 Å². The lowest BCUT2D eigenvalue weighted by Gasteiger charge is -2.59. The Hall–Kier alpha value is -12.8. The van der Waals surface area contributed by atoms with E-state index in [1.807, 2.05) is 151 Å². The van der Waals surface area contributed by atoms with Gasteiger partial charge in [0.25, 0.3) is 0 Å². The second-order valence-electron chi connectivity index (χ2n) is 30.3. The molecule has 116 heavy (non-hydrogen) atoms. The van der Waals surface area contributed by atoms with Crippen molar-refractivity contribution in [3.63, 3.8) is 0 Å². The summed E-state index contributed by atoms with van der Waals surface area (Å²) >= 11 is 0. The van der Waals surface area contributed by atoms with Gasteiger partial charge in [-0.2, -0.15) is 25.5 Å². The Balaban J connectivity index is 0.000000131. The molecular weight excluding hydrogens is 1470 g/mol. The van der Waals surface area contributed by atoms with Crippen LogP contribution in [-0.4, -0.2) is 204 Å². The topological polar surface area (TPSA) is 292 Å². The first-order valence-electron chi connectivity index (χ1n) is 39.3. The number of anilines is 3. The van der Waals surface area contributed by atoms with Crippen molar-refractivity contribution in [1.82, 2.24) is 120 Å². The number of hydrogen-bond acceptors (Lipinski definition) is 23. The van der Waals surface area contributed by atoms with Crippen LogP contribution in [0.1, 0.15) is 117 Å². The number of methoxy groups -OCH3 is 1. The van der Waals surface area contributed by atoms with Crippen LogP contribution in [-0.2, 0) is 25.8 Å². The second-order valence-corrected chi connectivity index (χ2v) is 30.3. The zero-order valence-electron chi connectivity index (χ0n) is 66.6. The summed E-state index contributed by atoms with van der Waals surface area (Å²) in [5, 5.41) is 29.9. The Morgan fingerprint density at radius 2 is 0.828 bits per heavy atom. The number of nitrogens with one attached hydrogen (secondary N) is 3. The third-order valence-electron chi connectivity index (χ3n) is 21.6. The molecule has 14 aromatic rings. The molecule has 4 atom stereocenters. The molecule has 19 rings (SSSR count). The van der Waals surface area contributed by atoms with E-state index in [-0.39, 0.29) is 17.7 Å². The molecule has 30 heteroatoms. The highest BCUT2D eigenvalue weighted by Gasteiger charge is 2.47. The fourth-order valence-corrected chi connectivity index (χ4v) is 15.7. The van der Waals surface area contributed by atoms with Gasteiger partial charge in [0.2, 0.25) is 0 Å². The van der Waals surface area contributed by atoms with Gasteiger partial charge >= 0.3 is 0 Å². The van der Waals surface area contributed by atoms with E-state index in [0.29, 0.717) is 66.5 Å². The summed E-state index contributed by atoms with van der Waals surface area (Å²) in [6.45, 7) is 26.6. The van der Waals surface area contributed by atoms with Crippen LogP contribution in [0.5, 0.6) is 5.75 Å². The monoisotopic (exact) mass is 1560 g/mol. The molecule has 0 aliphatic carbocycles. The molecule has 3 N–H and O–H groups in total. The van der Waals surface area contributed by atoms with Crippen molar-refractivity contribution in [1.29, 1.82) is 0 Å². The number of benzene rings is 1. The number of aromatic amines is 3. The van der Waals surface area contributed by atoms with E-state index in [0.717, 1.165) is 191 Å². The Kier molecular flexibility index (Phi) is 22.9. The van der Waals surface area contributed by atoms with Crippen molar-refractivity contribution in [3.8, 4) is 51.5 Å². The molecule has 18 heterocycles. The quantitative estimate of drug-likeness (QED) is 0.0602. The van der Waals surface area contributed by atoms with Crippen molar-refractivity contribution in [2.24, 2.45) is 0 Å². The summed E-state index contributed by atoms with van der Waals surface area (Å²) in [7, 11) is 1.70. The lowest BCUT2D eigenvalue weighted by atomic mass is 9.84. The first-order chi connectivity index (χ1) is 56.3. The average molecular weight is 1560 g/mol. The molecule has 0 spiro atoms. The van der Waals surface area contributed by atoms with Crippen molar-refractivity contribution in [2.75, 3.05) is 87.3 Å². The van der Waals surface area contributed by atoms with E-state index in [9.17, 15) is 8.78 Å². The average Bonchev–Trinajstić information content (AvgIpc) is 0.917. The fraction of sp³-hybridized carbons (Fsp3) is 0.326. The Morgan fingerprint density at radius 3 is 1.21 bits per heavy atom. The fourth-order valence-electron chi connectivity index (χ4n) is 15.7. The van der Waals surface area contributed by atoms with E-state index in [4.69, 9.17) is 34.6 Å². The number of pyridine rings is 5. The van der Waals surface area contributed by atoms with E-state index in [2.05, 4.69) is 151 Å². The Bertz CT molecular complexity index is 5600. The predicted molar refractivity (Wildman–Crippen MR) is 438 cm³/mol. The highest BCUT2D eigenvalue weighted by Crippen LogP contribution is 2.41. The van der Waals surface area contributed by atoms with Gasteiger partial charge in [0.05, 0.1) is 66.1 Å². The predicted octanol–water partition coefficient (Wildman–Crippen LogP) is 12.1. The molecule has 5 aliphatic heterocycles. The first-order valence-corrected chi connectivity index (χ1v) is 39.3. The third-order valence-corrected chi connectivity index (χ3v) is 21.6. The van der Waals surface area contributed by atoms with Crippen molar-refractivity contribution >= 4 is 17.5 Å². The minimum absolute atomic E-state index is 0.241. The van der Waals surface area contributed by atoms with Gasteiger partial charge in [-0.25, -0.2) is 73.0 Å². The highest BCUT2D eigenvalue weighted by atomic mass is 19.1. The lowest BCUT2D eigenvalue weighted by molar-refractivity contribution is -0.0344. The Labute approximate surface area is 671 Å². The zero-order valence-corrected chi connectivity index (χ0v) is 66.6. The molecule has 5 saturated heterocycles. The number of hydrogen-bond donors (Lipinski definition) is 3. The highest BCUT2D eigenvalue weighted by molar-refractivity contribution is 5.60. The first kappa shape index (κ1) is 77.2. The summed E-state index contributed by atoms with van der Waals surface area (Å²) in [6, 6.07) is 42.3. The number of aromatic nitrogens is 21. The van der Waals surface area contributed by atoms with Gasteiger partial charge in [0.1, 0.15) is 23.2 Å². The van der Waals surface area contributed by atoms with Gasteiger partial charge in [-0.15, -0.1) is 0 Å². The maximum Gasteiger partial charge on any atom is 0.161 e. The van der Waals surface area contributed by atoms with Crippen molar-refractivity contribution in [3.05, 3.63) is 274 Å². The molecule has 0 amide bonds. The van der Waals surface area contributed by atoms with Crippen LogP contribution in [0.25, 0.3) is 45.8 Å². The summed E-state index contributed by atoms with van der Waals surface area (Å²) in [5.74, 6) is 6.34. The number of rotatable bonds is 21. The van der Waals surface area contributed by atoms with E-state index in [1.54, 1.807) is 7.11 Å². The van der Waals surface area contributed by atoms with Gasteiger partial charge < -0.3 is 19.4 Å². The molecular formula is C86H93F2N27O. The molecule has 2 bridgehead atoms. The van der Waals surface area contributed by atoms with Crippen LogP contribution in [0, 0.1) is 53.2 Å². The molecule has 0 radical (unpaired) electrons. The number of piperidine rings is 1. The molecule has 5 aliphatic rings. The number of halogens is 2. The lowest BCUT2D eigenvalue weighted by Crippen LogP contribution is -2.69. The molecule has 0 saturated carbocycles. The smallest absolute Gasteiger partial charge is 0.161 e. The van der Waals surface area contributed by atoms with Gasteiger partial charge in [-0.1, -0.05) is 24.3 Å². The maximum absolute atomic E-state index is 13.3. The number of H-pyrrole nitrogens is 3. The molecule has 28 nitrogen and oxygen atoms in total. The van der Waals surface area contributed by atoms with Crippen molar-refractivity contribution in [2.45, 2.75) is 112 Å². The van der Waals surface area contributed by atoms with E-state index < -0.39 is 0 Å². The van der Waals surface area contributed by atoms with Gasteiger partial charge in [-0.05, 0) is 176 Å². The summed E-state index contributed by atoms with van der Waals surface area (Å²) in [5.41, 5.74) is 17.9. The minimum Gasteiger partial charge on any atom is -0.497 e. The normalized spacial score (nSPS) is 16.3. The number of piperazine rings is 3. The van der Waals surface area contributed by atoms with E-state index in [1.165, 1.54) is 46.1 Å². The maximum atomic E-state index is 13.3. The molecule has 1 aromatic carbocycles. The molecule has 13 aromatic heterocycles. The number of ether oxygens (including phenoxy) is 1. The SMILES string of the molecule is COc1ccc(C(C)N2CCN(c3ccc(-c4nc(C)cc(Cc5cc(C)[nH]n5)n4)cn3)CC2)cc1.Cc1cc(Cc2cc(C)[nH]n2)nc(-c2ccc(N3CC4CC(C3)N4C(C)c3ccc(-n4cc(F)cn4)nc3)nc2)n1.Cc1cc(Cc2cc(C)[nH]n2)nc(-c2ccc(N3CCN(Cc4ccc(-n5cc(F)cn5)nc4)CC3)nc2)n1. The van der Waals surface area contributed by atoms with Crippen molar-refractivity contribution < 1.29 is 13.5 Å². The van der Waals surface area contributed by atoms with E-state index >= 15 is 0 Å². The number of fused-ring (bicyclic) bond motifs is 2. The Morgan fingerprint density at radius 1 is 0.414 bits per heavy atom. The third kappa shape index (κ3) is 18.5. The molecule has 592 valence electrons. The minimum atomic E-state index is -0.378. The van der Waals surface area contributed by atoms with Crippen LogP contribution in [0.15, 0.2) is 177 Å². The summed E-state index contributed by atoms with van der Waals surface area (Å²) in [4.78, 5) is 66.1. The van der Waals surface area contributed by atoms with Crippen LogP contribution in [0.3, 0.4) is 0 Å². The van der Waals surface area contributed by atoms with Gasteiger partial charge in [-0.3, -0.25) is 30.0 Å². The molecule has 5 fully saturated rings. The van der Waals surface area contributed by atoms with Crippen LogP contribution in [0.4, 0.5) is 26.2 Å². The zero-order chi connectivity index (χ0) is 79.9. The second kappa shape index (κ2) is 34.5. The molecule has 4 unspecified atom stereocenters. The number of nitrogens with zero attached hydrogens (tertiary/aromatic N) is 24. The van der Waals surface area contributed by atoms with Crippen LogP contribution >= 0.6 is 0 Å². The summed E-state index contributed by atoms with van der Waals surface area (Å²) in [6.07, 6.45) is 17.5. The van der Waals surface area contributed by atoms with Crippen LogP contribution < -0.4 is 19.4 Å². The van der Waals surface area contributed by atoms with Gasteiger partial charge in [0.15, 0.2) is 40.7 Å². The standard InChI is InChI=1S/C30H31FN10.C28H29FN10.C28H33N7O/c1-18-8-24(10-25-9-19(2)37-38-25)36-30(35-18)22-5-6-28(32-13-22)39-16-26-11-27(17-39)41(26)20(3)21-4-7-29(33-12-21)40-15-23(31)14-34-40;1-19-11-24(13-25-12-20(2)35-36-25)34-28(33-19)22-4-6-26(31-15-22)38-9-7-37(8-10-38)17-21-3-5-27(30-14-21)39-18-23(29)16-32-39;1-19-15-24(17-25-16-20(2)32-33-25)31-28(30-19)23-7-10-27(29-18-23)35-13-11-34(12-14-35)21(3)22-5-8-26(36-4)9-6-22/h4-9,12-15,20,26-27H,10-11,16-17H2,1-3H3,(H,37,38);3-6,11-12,14-16,18H,7-10,13,17H2,1-2H3,(H,35,36);5-10,15-16,18,21H,11-14,17H2,1-4H3,(H,32,33). The largest absolute Gasteiger partial charge is 0.497 e.